The molecule has 0 aliphatic rings. The highest BCUT2D eigenvalue weighted by atomic mass is 16.5. The van der Waals surface area contributed by atoms with E-state index in [-0.39, 0.29) is 18.4 Å². The Labute approximate surface area is 143 Å². The second-order valence-electron chi connectivity index (χ2n) is 6.05. The third kappa shape index (κ3) is 5.70. The van der Waals surface area contributed by atoms with Crippen molar-refractivity contribution >= 4 is 5.91 Å². The molecule has 0 aromatic heterocycles. The molecule has 0 saturated carbocycles. The zero-order valence-corrected chi connectivity index (χ0v) is 14.2. The summed E-state index contributed by atoms with van der Waals surface area (Å²) >= 11 is 0. The number of aryl methyl sites for hydroxylation is 1. The Kier molecular flexibility index (Phi) is 6.82. The van der Waals surface area contributed by atoms with Crippen molar-refractivity contribution in [3.05, 3.63) is 65.7 Å². The van der Waals surface area contributed by atoms with Gasteiger partial charge in [-0.15, -0.1) is 0 Å². The number of hydrogen-bond acceptors (Lipinski definition) is 3. The summed E-state index contributed by atoms with van der Waals surface area (Å²) in [7, 11) is 0. The molecule has 1 amide bonds. The van der Waals surface area contributed by atoms with E-state index in [1.807, 2.05) is 61.5 Å². The minimum absolute atomic E-state index is 0.0129. The smallest absolute Gasteiger partial charge is 0.257 e. The van der Waals surface area contributed by atoms with Crippen molar-refractivity contribution in [1.82, 2.24) is 5.32 Å². The van der Waals surface area contributed by atoms with Gasteiger partial charge < -0.3 is 15.2 Å². The molecule has 0 aliphatic carbocycles. The SMILES string of the molecule is Cc1ccccc1OCC(=O)NCC(CC(C)O)c1ccccc1. The van der Waals surface area contributed by atoms with Crippen LogP contribution >= 0.6 is 0 Å². The van der Waals surface area contributed by atoms with Gasteiger partial charge >= 0.3 is 0 Å². The van der Waals surface area contributed by atoms with Crippen LogP contribution in [-0.2, 0) is 4.79 Å². The van der Waals surface area contributed by atoms with Gasteiger partial charge in [0.1, 0.15) is 5.75 Å². The molecule has 0 fully saturated rings. The molecule has 4 nitrogen and oxygen atoms in total. The summed E-state index contributed by atoms with van der Waals surface area (Å²) in [5.74, 6) is 0.634. The van der Waals surface area contributed by atoms with Crippen molar-refractivity contribution in [2.45, 2.75) is 32.3 Å². The first-order valence-electron chi connectivity index (χ1n) is 8.24. The van der Waals surface area contributed by atoms with Gasteiger partial charge in [-0.1, -0.05) is 48.5 Å². The van der Waals surface area contributed by atoms with Crippen LogP contribution in [0.1, 0.15) is 30.4 Å². The minimum Gasteiger partial charge on any atom is -0.484 e. The summed E-state index contributed by atoms with van der Waals surface area (Å²) in [6, 6.07) is 17.5. The molecule has 2 atom stereocenters. The summed E-state index contributed by atoms with van der Waals surface area (Å²) in [6.07, 6.45) is 0.179. The lowest BCUT2D eigenvalue weighted by atomic mass is 9.93. The number of carbonyl (C=O) groups excluding carboxylic acids is 1. The van der Waals surface area contributed by atoms with Crippen LogP contribution in [0, 0.1) is 6.92 Å². The molecule has 2 aromatic carbocycles. The van der Waals surface area contributed by atoms with E-state index < -0.39 is 6.10 Å². The molecule has 0 heterocycles. The van der Waals surface area contributed by atoms with Gasteiger partial charge in [-0.2, -0.15) is 0 Å². The molecule has 0 spiro atoms. The molecule has 2 rings (SSSR count). The maximum absolute atomic E-state index is 12.1. The van der Waals surface area contributed by atoms with Crippen LogP contribution in [-0.4, -0.2) is 30.3 Å². The number of nitrogens with one attached hydrogen (secondary N) is 1. The molecule has 0 aliphatic heterocycles. The van der Waals surface area contributed by atoms with Crippen molar-refractivity contribution in [3.63, 3.8) is 0 Å². The van der Waals surface area contributed by atoms with Gasteiger partial charge in [0.25, 0.3) is 5.91 Å². The first-order chi connectivity index (χ1) is 11.6. The molecular formula is C20H25NO3. The zero-order chi connectivity index (χ0) is 17.4. The lowest BCUT2D eigenvalue weighted by Crippen LogP contribution is -2.33. The van der Waals surface area contributed by atoms with E-state index in [9.17, 15) is 9.90 Å². The fourth-order valence-electron chi connectivity index (χ4n) is 2.62. The Bertz CT molecular complexity index is 640. The number of ether oxygens (including phenoxy) is 1. The van der Waals surface area contributed by atoms with Crippen molar-refractivity contribution < 1.29 is 14.6 Å². The molecule has 4 heteroatoms. The maximum atomic E-state index is 12.1. The van der Waals surface area contributed by atoms with Gasteiger partial charge in [-0.25, -0.2) is 0 Å². The highest BCUT2D eigenvalue weighted by Gasteiger charge is 2.15. The average Bonchev–Trinajstić information content (AvgIpc) is 2.58. The van der Waals surface area contributed by atoms with E-state index in [1.54, 1.807) is 6.92 Å². The van der Waals surface area contributed by atoms with Crippen LogP contribution in [0.5, 0.6) is 5.75 Å². The number of benzene rings is 2. The van der Waals surface area contributed by atoms with Crippen molar-refractivity contribution in [2.24, 2.45) is 0 Å². The molecule has 2 aromatic rings. The molecule has 128 valence electrons. The Morgan fingerprint density at radius 3 is 2.46 bits per heavy atom. The summed E-state index contributed by atoms with van der Waals surface area (Å²) in [5.41, 5.74) is 2.11. The van der Waals surface area contributed by atoms with Crippen molar-refractivity contribution in [1.29, 1.82) is 0 Å². The molecule has 0 saturated heterocycles. The summed E-state index contributed by atoms with van der Waals surface area (Å²) < 4.78 is 5.56. The normalized spacial score (nSPS) is 13.1. The quantitative estimate of drug-likeness (QED) is 0.783. The Morgan fingerprint density at radius 1 is 1.12 bits per heavy atom. The minimum atomic E-state index is -0.421. The fourth-order valence-corrected chi connectivity index (χ4v) is 2.62. The molecule has 24 heavy (non-hydrogen) atoms. The number of aliphatic hydroxyl groups is 1. The molecular weight excluding hydrogens is 302 g/mol. The van der Waals surface area contributed by atoms with E-state index in [0.29, 0.717) is 13.0 Å². The van der Waals surface area contributed by atoms with Gasteiger partial charge in [0.05, 0.1) is 6.10 Å². The third-order valence-electron chi connectivity index (χ3n) is 3.89. The van der Waals surface area contributed by atoms with Crippen LogP contribution in [0.2, 0.25) is 0 Å². The zero-order valence-electron chi connectivity index (χ0n) is 14.2. The maximum Gasteiger partial charge on any atom is 0.257 e. The van der Waals surface area contributed by atoms with Gasteiger partial charge in [-0.05, 0) is 37.5 Å². The van der Waals surface area contributed by atoms with Crippen LogP contribution < -0.4 is 10.1 Å². The second kappa shape index (κ2) is 9.08. The Balaban J connectivity index is 1.87. The third-order valence-corrected chi connectivity index (χ3v) is 3.89. The van der Waals surface area contributed by atoms with E-state index in [0.717, 1.165) is 16.9 Å². The Morgan fingerprint density at radius 2 is 1.79 bits per heavy atom. The lowest BCUT2D eigenvalue weighted by Gasteiger charge is -2.20. The molecule has 2 unspecified atom stereocenters. The highest BCUT2D eigenvalue weighted by Crippen LogP contribution is 2.20. The van der Waals surface area contributed by atoms with E-state index >= 15 is 0 Å². The number of aliphatic hydroxyl groups excluding tert-OH is 1. The van der Waals surface area contributed by atoms with E-state index in [1.165, 1.54) is 0 Å². The van der Waals surface area contributed by atoms with Gasteiger partial charge in [0, 0.05) is 12.5 Å². The first kappa shape index (κ1) is 18.0. The molecule has 0 radical (unpaired) electrons. The van der Waals surface area contributed by atoms with Crippen molar-refractivity contribution in [3.8, 4) is 5.75 Å². The van der Waals surface area contributed by atoms with Crippen LogP contribution in [0.25, 0.3) is 0 Å². The van der Waals surface area contributed by atoms with E-state index in [4.69, 9.17) is 4.74 Å². The fraction of sp³-hybridized carbons (Fsp3) is 0.350. The van der Waals surface area contributed by atoms with Crippen LogP contribution in [0.4, 0.5) is 0 Å². The first-order valence-corrected chi connectivity index (χ1v) is 8.24. The van der Waals surface area contributed by atoms with Gasteiger partial charge in [-0.3, -0.25) is 4.79 Å². The highest BCUT2D eigenvalue weighted by molar-refractivity contribution is 5.77. The largest absolute Gasteiger partial charge is 0.484 e. The van der Waals surface area contributed by atoms with Crippen LogP contribution in [0.15, 0.2) is 54.6 Å². The topological polar surface area (TPSA) is 58.6 Å². The summed E-state index contributed by atoms with van der Waals surface area (Å²) in [4.78, 5) is 12.1. The standard InChI is InChI=1S/C20H25NO3/c1-15-8-6-7-11-19(15)24-14-20(23)21-13-18(12-16(2)22)17-9-4-3-5-10-17/h3-11,16,18,22H,12-14H2,1-2H3,(H,21,23). The summed E-state index contributed by atoms with van der Waals surface area (Å²) in [5, 5.41) is 12.6. The van der Waals surface area contributed by atoms with Gasteiger partial charge in [0.2, 0.25) is 0 Å². The number of rotatable bonds is 8. The second-order valence-corrected chi connectivity index (χ2v) is 6.05. The molecule has 2 N–H and O–H groups in total. The molecule has 0 bridgehead atoms. The number of carbonyl (C=O) groups is 1. The number of amides is 1. The number of para-hydroxylation sites is 1. The number of hydrogen-bond donors (Lipinski definition) is 2. The lowest BCUT2D eigenvalue weighted by molar-refractivity contribution is -0.123. The van der Waals surface area contributed by atoms with E-state index in [2.05, 4.69) is 5.32 Å². The Hall–Kier alpha value is -2.33. The predicted molar refractivity (Wildman–Crippen MR) is 95.2 cm³/mol. The average molecular weight is 327 g/mol. The van der Waals surface area contributed by atoms with Crippen molar-refractivity contribution in [2.75, 3.05) is 13.2 Å². The predicted octanol–water partition coefficient (Wildman–Crippen LogP) is 3.04. The monoisotopic (exact) mass is 327 g/mol. The van der Waals surface area contributed by atoms with Crippen LogP contribution in [0.3, 0.4) is 0 Å². The summed E-state index contributed by atoms with van der Waals surface area (Å²) in [6.45, 7) is 4.17. The van der Waals surface area contributed by atoms with Gasteiger partial charge in [0.15, 0.2) is 6.61 Å².